The van der Waals surface area contributed by atoms with Crippen molar-refractivity contribution in [3.8, 4) is 5.88 Å². The number of carbonyl (C=O) groups is 1. The second kappa shape index (κ2) is 6.98. The largest absolute Gasteiger partial charge is 0.477 e. The van der Waals surface area contributed by atoms with Crippen molar-refractivity contribution in [3.63, 3.8) is 0 Å². The van der Waals surface area contributed by atoms with Gasteiger partial charge < -0.3 is 10.1 Å². The maximum absolute atomic E-state index is 13.2. The predicted octanol–water partition coefficient (Wildman–Crippen LogP) is 3.25. The van der Waals surface area contributed by atoms with E-state index in [-0.39, 0.29) is 5.88 Å². The van der Waals surface area contributed by atoms with Crippen molar-refractivity contribution in [1.82, 2.24) is 10.3 Å². The molecule has 1 aromatic carbocycles. The zero-order chi connectivity index (χ0) is 16.1. The summed E-state index contributed by atoms with van der Waals surface area (Å²) in [6.45, 7) is 3.86. The van der Waals surface area contributed by atoms with Gasteiger partial charge in [-0.25, -0.2) is 13.8 Å². The third-order valence-electron chi connectivity index (χ3n) is 3.09. The van der Waals surface area contributed by atoms with Gasteiger partial charge in [-0.1, -0.05) is 6.07 Å². The topological polar surface area (TPSA) is 51.2 Å². The van der Waals surface area contributed by atoms with E-state index in [0.29, 0.717) is 17.7 Å². The molecular formula is C16H16F2N2O2. The van der Waals surface area contributed by atoms with Gasteiger partial charge in [0.2, 0.25) is 5.88 Å². The molecule has 2 aromatic rings. The average molecular weight is 306 g/mol. The summed E-state index contributed by atoms with van der Waals surface area (Å²) in [6, 6.07) is 6.24. The number of benzene rings is 1. The van der Waals surface area contributed by atoms with Crippen molar-refractivity contribution in [2.75, 3.05) is 6.61 Å². The Morgan fingerprint density at radius 2 is 2.09 bits per heavy atom. The second-order valence-electron chi connectivity index (χ2n) is 4.66. The Morgan fingerprint density at radius 3 is 2.77 bits per heavy atom. The van der Waals surface area contributed by atoms with E-state index in [1.54, 1.807) is 26.0 Å². The fraction of sp³-hybridized carbons (Fsp3) is 0.250. The van der Waals surface area contributed by atoms with Crippen LogP contribution in [0.1, 0.15) is 35.8 Å². The Balaban J connectivity index is 2.16. The number of pyridine rings is 1. The monoisotopic (exact) mass is 306 g/mol. The molecule has 1 N–H and O–H groups in total. The summed E-state index contributed by atoms with van der Waals surface area (Å²) >= 11 is 0. The Hall–Kier alpha value is -2.50. The molecule has 0 aliphatic heterocycles. The zero-order valence-electron chi connectivity index (χ0n) is 12.3. The summed E-state index contributed by atoms with van der Waals surface area (Å²) < 4.78 is 31.5. The van der Waals surface area contributed by atoms with Gasteiger partial charge in [-0.05, 0) is 43.7 Å². The Labute approximate surface area is 127 Å². The molecule has 0 bridgehead atoms. The number of halogens is 2. The van der Waals surface area contributed by atoms with Crippen molar-refractivity contribution < 1.29 is 18.3 Å². The number of aromatic nitrogens is 1. The summed E-state index contributed by atoms with van der Waals surface area (Å²) in [5.41, 5.74) is 0.757. The minimum atomic E-state index is -0.949. The Bertz CT molecular complexity index is 677. The molecule has 116 valence electrons. The summed E-state index contributed by atoms with van der Waals surface area (Å²) in [6.07, 6.45) is 1.53. The van der Waals surface area contributed by atoms with Crippen LogP contribution < -0.4 is 10.1 Å². The number of nitrogens with zero attached hydrogens (tertiary/aromatic N) is 1. The first-order valence-electron chi connectivity index (χ1n) is 6.86. The van der Waals surface area contributed by atoms with Crippen LogP contribution >= 0.6 is 0 Å². The number of rotatable bonds is 5. The SMILES string of the molecule is CCOc1ncccc1C(=O)NC(C)c1ccc(F)c(F)c1. The van der Waals surface area contributed by atoms with Gasteiger partial charge in [0.25, 0.3) is 5.91 Å². The first-order chi connectivity index (χ1) is 10.5. The van der Waals surface area contributed by atoms with E-state index in [9.17, 15) is 13.6 Å². The van der Waals surface area contributed by atoms with Crippen LogP contribution in [-0.2, 0) is 0 Å². The third kappa shape index (κ3) is 3.58. The Kier molecular flexibility index (Phi) is 5.04. The van der Waals surface area contributed by atoms with Crippen molar-refractivity contribution >= 4 is 5.91 Å². The predicted molar refractivity (Wildman–Crippen MR) is 77.6 cm³/mol. The minimum absolute atomic E-state index is 0.236. The molecule has 0 aliphatic carbocycles. The number of hydrogen-bond acceptors (Lipinski definition) is 3. The van der Waals surface area contributed by atoms with Crippen LogP contribution in [0.15, 0.2) is 36.5 Å². The molecule has 1 atom stereocenters. The number of amides is 1. The van der Waals surface area contributed by atoms with Gasteiger partial charge in [-0.3, -0.25) is 4.79 Å². The fourth-order valence-corrected chi connectivity index (χ4v) is 1.95. The van der Waals surface area contributed by atoms with Crippen molar-refractivity contribution in [2.24, 2.45) is 0 Å². The molecule has 0 fully saturated rings. The van der Waals surface area contributed by atoms with Crippen LogP contribution in [0.5, 0.6) is 5.88 Å². The number of nitrogens with one attached hydrogen (secondary N) is 1. The van der Waals surface area contributed by atoms with E-state index in [1.165, 1.54) is 12.3 Å². The van der Waals surface area contributed by atoms with Gasteiger partial charge in [0.1, 0.15) is 5.56 Å². The molecular weight excluding hydrogens is 290 g/mol. The van der Waals surface area contributed by atoms with Crippen LogP contribution in [0.3, 0.4) is 0 Å². The van der Waals surface area contributed by atoms with Crippen LogP contribution in [0.4, 0.5) is 8.78 Å². The molecule has 0 spiro atoms. The lowest BCUT2D eigenvalue weighted by Gasteiger charge is -2.15. The van der Waals surface area contributed by atoms with Crippen LogP contribution in [0.25, 0.3) is 0 Å². The highest BCUT2D eigenvalue weighted by Gasteiger charge is 2.17. The standard InChI is InChI=1S/C16H16F2N2O2/c1-3-22-16-12(5-4-8-19-16)15(21)20-10(2)11-6-7-13(17)14(18)9-11/h4-10H,3H2,1-2H3,(H,20,21). The van der Waals surface area contributed by atoms with Gasteiger partial charge >= 0.3 is 0 Å². The smallest absolute Gasteiger partial charge is 0.257 e. The molecule has 1 aromatic heterocycles. The van der Waals surface area contributed by atoms with E-state index >= 15 is 0 Å². The van der Waals surface area contributed by atoms with Crippen LogP contribution in [-0.4, -0.2) is 17.5 Å². The second-order valence-corrected chi connectivity index (χ2v) is 4.66. The molecule has 0 aliphatic rings. The van der Waals surface area contributed by atoms with E-state index in [1.807, 2.05) is 0 Å². The van der Waals surface area contributed by atoms with Crippen LogP contribution in [0, 0.1) is 11.6 Å². The lowest BCUT2D eigenvalue weighted by Crippen LogP contribution is -2.27. The molecule has 1 amide bonds. The van der Waals surface area contributed by atoms with Crippen molar-refractivity contribution in [3.05, 3.63) is 59.3 Å². The number of carbonyl (C=O) groups excluding carboxylic acids is 1. The summed E-state index contributed by atoms with van der Waals surface area (Å²) in [5.74, 6) is -2.03. The van der Waals surface area contributed by atoms with Gasteiger partial charge in [-0.15, -0.1) is 0 Å². The number of hydrogen-bond donors (Lipinski definition) is 1. The lowest BCUT2D eigenvalue weighted by atomic mass is 10.1. The van der Waals surface area contributed by atoms with Crippen LogP contribution in [0.2, 0.25) is 0 Å². The highest BCUT2D eigenvalue weighted by atomic mass is 19.2. The fourth-order valence-electron chi connectivity index (χ4n) is 1.95. The van der Waals surface area contributed by atoms with Gasteiger partial charge in [0, 0.05) is 6.20 Å². The van der Waals surface area contributed by atoms with E-state index < -0.39 is 23.6 Å². The molecule has 0 saturated heterocycles. The highest BCUT2D eigenvalue weighted by molar-refractivity contribution is 5.96. The lowest BCUT2D eigenvalue weighted by molar-refractivity contribution is 0.0935. The maximum Gasteiger partial charge on any atom is 0.257 e. The maximum atomic E-state index is 13.2. The average Bonchev–Trinajstić information content (AvgIpc) is 2.50. The highest BCUT2D eigenvalue weighted by Crippen LogP contribution is 2.19. The minimum Gasteiger partial charge on any atom is -0.477 e. The first-order valence-corrected chi connectivity index (χ1v) is 6.86. The molecule has 6 heteroatoms. The molecule has 0 radical (unpaired) electrons. The van der Waals surface area contributed by atoms with Gasteiger partial charge in [0.05, 0.1) is 12.6 Å². The molecule has 2 rings (SSSR count). The summed E-state index contributed by atoms with van der Waals surface area (Å²) in [4.78, 5) is 16.3. The Morgan fingerprint density at radius 1 is 1.32 bits per heavy atom. The van der Waals surface area contributed by atoms with E-state index in [2.05, 4.69) is 10.3 Å². The number of ether oxygens (including phenoxy) is 1. The molecule has 1 unspecified atom stereocenters. The van der Waals surface area contributed by atoms with E-state index in [0.717, 1.165) is 12.1 Å². The first kappa shape index (κ1) is 15.9. The zero-order valence-corrected chi connectivity index (χ0v) is 12.3. The van der Waals surface area contributed by atoms with Gasteiger partial charge in [0.15, 0.2) is 11.6 Å². The van der Waals surface area contributed by atoms with E-state index in [4.69, 9.17) is 4.74 Å². The molecule has 4 nitrogen and oxygen atoms in total. The van der Waals surface area contributed by atoms with Crippen molar-refractivity contribution in [2.45, 2.75) is 19.9 Å². The van der Waals surface area contributed by atoms with Crippen molar-refractivity contribution in [1.29, 1.82) is 0 Å². The molecule has 22 heavy (non-hydrogen) atoms. The third-order valence-corrected chi connectivity index (χ3v) is 3.09. The summed E-state index contributed by atoms with van der Waals surface area (Å²) in [5, 5.41) is 2.71. The normalized spacial score (nSPS) is 11.8. The molecule has 1 heterocycles. The van der Waals surface area contributed by atoms with Gasteiger partial charge in [-0.2, -0.15) is 0 Å². The summed E-state index contributed by atoms with van der Waals surface area (Å²) in [7, 11) is 0. The quantitative estimate of drug-likeness (QED) is 0.922. The molecule has 0 saturated carbocycles.